The van der Waals surface area contributed by atoms with Crippen LogP contribution in [0.2, 0.25) is 0 Å². The van der Waals surface area contributed by atoms with E-state index in [-0.39, 0.29) is 16.5 Å². The first-order chi connectivity index (χ1) is 13.0. The molecule has 1 heterocycles. The van der Waals surface area contributed by atoms with Gasteiger partial charge in [0.25, 0.3) is 17.0 Å². The molecule has 2 aromatic carbocycles. The smallest absolute Gasteiger partial charge is 0.328 e. The molecule has 3 aromatic rings. The lowest BCUT2D eigenvalue weighted by molar-refractivity contribution is -0.148. The Morgan fingerprint density at radius 1 is 1.04 bits per heavy atom. The van der Waals surface area contributed by atoms with Gasteiger partial charge in [-0.05, 0) is 24.3 Å². The molecule has 0 atom stereocenters. The molecule has 2 N–H and O–H groups in total. The molecular formula is C18H14FN3O5. The van der Waals surface area contributed by atoms with Gasteiger partial charge in [-0.15, -0.1) is 0 Å². The predicted octanol–water partition coefficient (Wildman–Crippen LogP) is 1.01. The number of halogens is 1. The molecule has 0 aliphatic carbocycles. The molecule has 27 heavy (non-hydrogen) atoms. The molecule has 0 aliphatic heterocycles. The Labute approximate surface area is 151 Å². The van der Waals surface area contributed by atoms with Crippen LogP contribution in [-0.2, 0) is 20.9 Å². The van der Waals surface area contributed by atoms with Crippen LogP contribution >= 0.6 is 0 Å². The molecular weight excluding hydrogens is 357 g/mol. The second-order valence-corrected chi connectivity index (χ2v) is 5.57. The number of nitrogens with zero attached hydrogens (tertiary/aromatic N) is 1. The number of aromatic amines is 1. The SMILES string of the molecule is O=C(COC(=O)Cn1[nH]c(=O)c2ccccc2c1=O)Nc1ccccc1F. The highest BCUT2D eigenvalue weighted by atomic mass is 19.1. The summed E-state index contributed by atoms with van der Waals surface area (Å²) < 4.78 is 19.0. The number of carbonyl (C=O) groups is 2. The molecule has 0 fully saturated rings. The van der Waals surface area contributed by atoms with E-state index < -0.39 is 42.0 Å². The van der Waals surface area contributed by atoms with Crippen LogP contribution in [0.4, 0.5) is 10.1 Å². The number of anilines is 1. The van der Waals surface area contributed by atoms with E-state index in [0.717, 1.165) is 4.68 Å². The van der Waals surface area contributed by atoms with E-state index in [9.17, 15) is 23.6 Å². The van der Waals surface area contributed by atoms with Crippen molar-refractivity contribution in [2.75, 3.05) is 11.9 Å². The van der Waals surface area contributed by atoms with Gasteiger partial charge in [0.15, 0.2) is 6.61 Å². The number of aromatic nitrogens is 2. The number of para-hydroxylation sites is 1. The monoisotopic (exact) mass is 371 g/mol. The highest BCUT2D eigenvalue weighted by Crippen LogP contribution is 2.11. The summed E-state index contributed by atoms with van der Waals surface area (Å²) >= 11 is 0. The zero-order valence-electron chi connectivity index (χ0n) is 13.9. The molecule has 0 saturated heterocycles. The number of benzene rings is 2. The minimum absolute atomic E-state index is 0.0476. The van der Waals surface area contributed by atoms with E-state index in [0.29, 0.717) is 0 Å². The minimum Gasteiger partial charge on any atom is -0.454 e. The van der Waals surface area contributed by atoms with E-state index in [1.54, 1.807) is 12.1 Å². The number of H-pyrrole nitrogens is 1. The average Bonchev–Trinajstić information content (AvgIpc) is 2.66. The number of amides is 1. The Bertz CT molecular complexity index is 1140. The first-order valence-electron chi connectivity index (χ1n) is 7.87. The predicted molar refractivity (Wildman–Crippen MR) is 94.8 cm³/mol. The largest absolute Gasteiger partial charge is 0.454 e. The molecule has 138 valence electrons. The Balaban J connectivity index is 1.65. The molecule has 8 nitrogen and oxygen atoms in total. The number of carbonyl (C=O) groups excluding carboxylic acids is 2. The van der Waals surface area contributed by atoms with Gasteiger partial charge in [0.05, 0.1) is 16.5 Å². The number of fused-ring (bicyclic) bond motifs is 1. The number of esters is 1. The maximum atomic E-state index is 13.5. The lowest BCUT2D eigenvalue weighted by Gasteiger charge is -2.09. The third-order valence-electron chi connectivity index (χ3n) is 3.68. The molecule has 0 radical (unpaired) electrons. The van der Waals surface area contributed by atoms with Gasteiger partial charge < -0.3 is 10.1 Å². The number of rotatable bonds is 5. The summed E-state index contributed by atoms with van der Waals surface area (Å²) in [6, 6.07) is 11.7. The molecule has 0 aliphatic rings. The van der Waals surface area contributed by atoms with Crippen LogP contribution in [-0.4, -0.2) is 28.3 Å². The molecule has 1 amide bonds. The zero-order chi connectivity index (χ0) is 19.4. The number of ether oxygens (including phenoxy) is 1. The molecule has 0 bridgehead atoms. The van der Waals surface area contributed by atoms with Crippen LogP contribution in [0.15, 0.2) is 58.1 Å². The summed E-state index contributed by atoms with van der Waals surface area (Å²) in [5, 5.41) is 4.90. The van der Waals surface area contributed by atoms with E-state index in [1.165, 1.54) is 36.4 Å². The molecule has 9 heteroatoms. The van der Waals surface area contributed by atoms with Crippen LogP contribution in [0.1, 0.15) is 0 Å². The van der Waals surface area contributed by atoms with E-state index >= 15 is 0 Å². The van der Waals surface area contributed by atoms with Crippen molar-refractivity contribution in [1.29, 1.82) is 0 Å². The van der Waals surface area contributed by atoms with Crippen molar-refractivity contribution >= 4 is 28.3 Å². The van der Waals surface area contributed by atoms with Crippen molar-refractivity contribution in [2.45, 2.75) is 6.54 Å². The Hall–Kier alpha value is -3.75. The van der Waals surface area contributed by atoms with Crippen molar-refractivity contribution < 1.29 is 18.7 Å². The molecule has 3 rings (SSSR count). The Morgan fingerprint density at radius 3 is 2.44 bits per heavy atom. The van der Waals surface area contributed by atoms with Crippen LogP contribution < -0.4 is 16.4 Å². The quantitative estimate of drug-likeness (QED) is 0.651. The summed E-state index contributed by atoms with van der Waals surface area (Å²) in [6.45, 7) is -1.24. The highest BCUT2D eigenvalue weighted by Gasteiger charge is 2.13. The Kier molecular flexibility index (Phi) is 5.11. The van der Waals surface area contributed by atoms with Gasteiger partial charge in [-0.1, -0.05) is 24.3 Å². The second kappa shape index (κ2) is 7.65. The maximum Gasteiger partial charge on any atom is 0.328 e. The molecule has 0 saturated carbocycles. The van der Waals surface area contributed by atoms with Crippen molar-refractivity contribution in [3.8, 4) is 0 Å². The number of hydrogen-bond donors (Lipinski definition) is 2. The van der Waals surface area contributed by atoms with Gasteiger partial charge >= 0.3 is 5.97 Å². The fourth-order valence-electron chi connectivity index (χ4n) is 2.43. The van der Waals surface area contributed by atoms with Gasteiger partial charge in [-0.25, -0.2) is 9.07 Å². The van der Waals surface area contributed by atoms with E-state index in [4.69, 9.17) is 4.74 Å². The third-order valence-corrected chi connectivity index (χ3v) is 3.68. The Morgan fingerprint density at radius 2 is 1.70 bits per heavy atom. The maximum absolute atomic E-state index is 13.5. The fraction of sp³-hybridized carbons (Fsp3) is 0.111. The van der Waals surface area contributed by atoms with E-state index in [2.05, 4.69) is 10.4 Å². The van der Waals surface area contributed by atoms with Crippen molar-refractivity contribution in [2.24, 2.45) is 0 Å². The summed E-state index contributed by atoms with van der Waals surface area (Å²) in [7, 11) is 0. The fourth-order valence-corrected chi connectivity index (χ4v) is 2.43. The number of nitrogens with one attached hydrogen (secondary N) is 2. The molecule has 0 spiro atoms. The van der Waals surface area contributed by atoms with Gasteiger partial charge in [0.1, 0.15) is 12.4 Å². The van der Waals surface area contributed by atoms with Crippen molar-refractivity contribution in [3.63, 3.8) is 0 Å². The molecule has 1 aromatic heterocycles. The number of hydrogen-bond acceptors (Lipinski definition) is 5. The lowest BCUT2D eigenvalue weighted by Crippen LogP contribution is -2.33. The highest BCUT2D eigenvalue weighted by molar-refractivity contribution is 5.92. The van der Waals surface area contributed by atoms with Crippen LogP contribution in [0.25, 0.3) is 10.8 Å². The molecule has 0 unspecified atom stereocenters. The summed E-state index contributed by atoms with van der Waals surface area (Å²) in [5.74, 6) is -2.28. The first-order valence-corrected chi connectivity index (χ1v) is 7.87. The average molecular weight is 371 g/mol. The lowest BCUT2D eigenvalue weighted by atomic mass is 10.2. The topological polar surface area (TPSA) is 110 Å². The zero-order valence-corrected chi connectivity index (χ0v) is 13.9. The van der Waals surface area contributed by atoms with E-state index in [1.807, 2.05) is 0 Å². The second-order valence-electron chi connectivity index (χ2n) is 5.57. The third kappa shape index (κ3) is 4.09. The van der Waals surface area contributed by atoms with Crippen LogP contribution in [0.5, 0.6) is 0 Å². The standard InChI is InChI=1S/C18H14FN3O5/c19-13-7-3-4-8-14(13)20-15(23)10-27-16(24)9-22-18(26)12-6-2-1-5-11(12)17(25)21-22/h1-8H,9-10H2,(H,20,23)(H,21,25). The summed E-state index contributed by atoms with van der Waals surface area (Å²) in [5.41, 5.74) is -1.15. The van der Waals surface area contributed by atoms with Gasteiger partial charge in [0.2, 0.25) is 0 Å². The normalized spacial score (nSPS) is 10.6. The van der Waals surface area contributed by atoms with Gasteiger partial charge in [-0.3, -0.25) is 24.3 Å². The summed E-state index contributed by atoms with van der Waals surface area (Å²) in [4.78, 5) is 47.9. The minimum atomic E-state index is -0.910. The summed E-state index contributed by atoms with van der Waals surface area (Å²) in [6.07, 6.45) is 0. The van der Waals surface area contributed by atoms with Gasteiger partial charge in [-0.2, -0.15) is 0 Å². The van der Waals surface area contributed by atoms with Crippen LogP contribution in [0, 0.1) is 5.82 Å². The first kappa shape index (κ1) is 18.1. The van der Waals surface area contributed by atoms with Crippen molar-refractivity contribution in [3.05, 3.63) is 75.1 Å². The van der Waals surface area contributed by atoms with Crippen LogP contribution in [0.3, 0.4) is 0 Å². The van der Waals surface area contributed by atoms with Crippen molar-refractivity contribution in [1.82, 2.24) is 9.78 Å². The van der Waals surface area contributed by atoms with Gasteiger partial charge in [0, 0.05) is 0 Å².